The fraction of sp³-hybridized carbons (Fsp3) is 0.400. The second-order valence-corrected chi connectivity index (χ2v) is 6.81. The van der Waals surface area contributed by atoms with Gasteiger partial charge in [0.2, 0.25) is 6.41 Å². The van der Waals surface area contributed by atoms with Crippen LogP contribution in [0.15, 0.2) is 47.7 Å². The summed E-state index contributed by atoms with van der Waals surface area (Å²) >= 11 is 0. The Morgan fingerprint density at radius 2 is 2.07 bits per heavy atom. The molecule has 7 nitrogen and oxygen atoms in total. The lowest BCUT2D eigenvalue weighted by molar-refractivity contribution is -0.118. The van der Waals surface area contributed by atoms with Crippen molar-refractivity contribution >= 4 is 12.2 Å². The number of ether oxygens (including phenoxy) is 1. The van der Waals surface area contributed by atoms with Gasteiger partial charge in [0.05, 0.1) is 5.69 Å². The molecular formula is C20H27N5O2. The van der Waals surface area contributed by atoms with E-state index >= 15 is 0 Å². The number of carbonyl (C=O) groups is 1. The first-order valence-corrected chi connectivity index (χ1v) is 9.26. The number of allylic oxidation sites excluding steroid dienone is 3. The molecule has 1 aromatic rings. The van der Waals surface area contributed by atoms with Crippen molar-refractivity contribution in [1.82, 2.24) is 14.8 Å². The van der Waals surface area contributed by atoms with E-state index in [9.17, 15) is 4.79 Å². The van der Waals surface area contributed by atoms with E-state index < -0.39 is 0 Å². The quantitative estimate of drug-likeness (QED) is 0.737. The molecule has 2 heterocycles. The Bertz CT molecular complexity index is 757. The van der Waals surface area contributed by atoms with Gasteiger partial charge >= 0.3 is 0 Å². The van der Waals surface area contributed by atoms with Gasteiger partial charge in [0.15, 0.2) is 11.6 Å². The first-order valence-electron chi connectivity index (χ1n) is 9.26. The number of hydrogen-bond acceptors (Lipinski definition) is 6. The number of nitrogens with zero attached hydrogens (tertiary/aromatic N) is 3. The summed E-state index contributed by atoms with van der Waals surface area (Å²) in [6.45, 7) is 4.47. The number of anilines is 1. The monoisotopic (exact) mass is 369 g/mol. The van der Waals surface area contributed by atoms with Gasteiger partial charge in [-0.25, -0.2) is 4.98 Å². The topological polar surface area (TPSA) is 97.7 Å². The van der Waals surface area contributed by atoms with Crippen LogP contribution < -0.4 is 16.2 Å². The second-order valence-electron chi connectivity index (χ2n) is 6.81. The van der Waals surface area contributed by atoms with Gasteiger partial charge in [-0.3, -0.25) is 9.69 Å². The van der Waals surface area contributed by atoms with E-state index in [2.05, 4.69) is 16.0 Å². The van der Waals surface area contributed by atoms with Crippen LogP contribution in [-0.4, -0.2) is 54.0 Å². The van der Waals surface area contributed by atoms with Crippen LogP contribution in [0.3, 0.4) is 0 Å². The lowest BCUT2D eigenvalue weighted by Crippen LogP contribution is -2.30. The van der Waals surface area contributed by atoms with Crippen LogP contribution in [0.2, 0.25) is 0 Å². The molecule has 4 N–H and O–H groups in total. The van der Waals surface area contributed by atoms with Gasteiger partial charge in [-0.1, -0.05) is 12.2 Å². The summed E-state index contributed by atoms with van der Waals surface area (Å²) in [5, 5.41) is 0. The summed E-state index contributed by atoms with van der Waals surface area (Å²) in [7, 11) is 0. The number of nitrogen functional groups attached to an aromatic ring is 1. The molecule has 144 valence electrons. The van der Waals surface area contributed by atoms with Crippen LogP contribution in [0.25, 0.3) is 0 Å². The van der Waals surface area contributed by atoms with Gasteiger partial charge in [0.25, 0.3) is 0 Å². The largest absolute Gasteiger partial charge is 0.485 e. The van der Waals surface area contributed by atoms with Crippen LogP contribution >= 0.6 is 0 Å². The molecule has 2 aliphatic rings. The van der Waals surface area contributed by atoms with Gasteiger partial charge in [0.1, 0.15) is 6.61 Å². The maximum Gasteiger partial charge on any atom is 0.209 e. The normalized spacial score (nSPS) is 18.3. The number of carbonyl (C=O) groups excluding carboxylic acids is 1. The summed E-state index contributed by atoms with van der Waals surface area (Å²) in [6.07, 6.45) is 10.6. The van der Waals surface area contributed by atoms with Crippen molar-refractivity contribution in [3.63, 3.8) is 0 Å². The predicted octanol–water partition coefficient (Wildman–Crippen LogP) is 1.44. The lowest BCUT2D eigenvalue weighted by atomic mass is 10.2. The first kappa shape index (κ1) is 19.0. The SMILES string of the molecule is NC1=CC(COc2ccc(CN3CCCN(C=O)CC3)nc2N)=CCC=C1. The highest BCUT2D eigenvalue weighted by atomic mass is 16.5. The summed E-state index contributed by atoms with van der Waals surface area (Å²) in [4.78, 5) is 19.5. The molecule has 7 heteroatoms. The van der Waals surface area contributed by atoms with Crippen molar-refractivity contribution in [2.24, 2.45) is 5.73 Å². The molecule has 27 heavy (non-hydrogen) atoms. The Hall–Kier alpha value is -2.80. The molecule has 0 radical (unpaired) electrons. The maximum atomic E-state index is 10.9. The molecule has 1 fully saturated rings. The van der Waals surface area contributed by atoms with Crippen LogP contribution in [-0.2, 0) is 11.3 Å². The van der Waals surface area contributed by atoms with E-state index in [-0.39, 0.29) is 0 Å². The van der Waals surface area contributed by atoms with E-state index in [1.54, 1.807) is 0 Å². The van der Waals surface area contributed by atoms with E-state index in [0.717, 1.165) is 62.4 Å². The average molecular weight is 369 g/mol. The number of hydrogen-bond donors (Lipinski definition) is 2. The van der Waals surface area contributed by atoms with E-state index in [0.29, 0.717) is 24.7 Å². The molecule has 1 amide bonds. The van der Waals surface area contributed by atoms with Crippen molar-refractivity contribution in [2.75, 3.05) is 38.5 Å². The second kappa shape index (κ2) is 9.23. The van der Waals surface area contributed by atoms with Crippen molar-refractivity contribution < 1.29 is 9.53 Å². The zero-order valence-corrected chi connectivity index (χ0v) is 15.5. The van der Waals surface area contributed by atoms with Gasteiger partial charge in [-0.15, -0.1) is 0 Å². The van der Waals surface area contributed by atoms with Crippen LogP contribution in [0.4, 0.5) is 5.82 Å². The molecule has 1 aromatic heterocycles. The Morgan fingerprint density at radius 1 is 1.19 bits per heavy atom. The third-order valence-corrected chi connectivity index (χ3v) is 4.67. The number of amides is 1. The van der Waals surface area contributed by atoms with Gasteiger partial charge < -0.3 is 21.1 Å². The fourth-order valence-electron chi connectivity index (χ4n) is 3.20. The van der Waals surface area contributed by atoms with Crippen LogP contribution in [0, 0.1) is 0 Å². The molecule has 0 spiro atoms. The minimum atomic E-state index is 0.390. The van der Waals surface area contributed by atoms with Gasteiger partial charge in [-0.2, -0.15) is 0 Å². The van der Waals surface area contributed by atoms with Crippen molar-refractivity contribution in [2.45, 2.75) is 19.4 Å². The molecule has 3 rings (SSSR count). The highest BCUT2D eigenvalue weighted by Gasteiger charge is 2.15. The number of aromatic nitrogens is 1. The molecule has 0 saturated carbocycles. The zero-order valence-electron chi connectivity index (χ0n) is 15.5. The Balaban J connectivity index is 1.56. The summed E-state index contributed by atoms with van der Waals surface area (Å²) in [5.41, 5.74) is 14.6. The molecule has 0 unspecified atom stereocenters. The average Bonchev–Trinajstić information content (AvgIpc) is 3.01. The van der Waals surface area contributed by atoms with E-state index in [4.69, 9.17) is 16.2 Å². The first-order chi connectivity index (χ1) is 13.1. The molecule has 1 aliphatic carbocycles. The van der Waals surface area contributed by atoms with Crippen LogP contribution in [0.1, 0.15) is 18.5 Å². The Kier molecular flexibility index (Phi) is 6.49. The zero-order chi connectivity index (χ0) is 19.1. The summed E-state index contributed by atoms with van der Waals surface area (Å²) in [6, 6.07) is 3.82. The summed E-state index contributed by atoms with van der Waals surface area (Å²) < 4.78 is 5.83. The molecule has 1 aliphatic heterocycles. The van der Waals surface area contributed by atoms with Gasteiger partial charge in [-0.05, 0) is 42.7 Å². The molecule has 0 aromatic carbocycles. The third-order valence-electron chi connectivity index (χ3n) is 4.67. The molecule has 0 bridgehead atoms. The van der Waals surface area contributed by atoms with Crippen molar-refractivity contribution in [1.29, 1.82) is 0 Å². The highest BCUT2D eigenvalue weighted by Crippen LogP contribution is 2.21. The highest BCUT2D eigenvalue weighted by molar-refractivity contribution is 5.47. The smallest absolute Gasteiger partial charge is 0.209 e. The predicted molar refractivity (Wildman–Crippen MR) is 106 cm³/mol. The summed E-state index contributed by atoms with van der Waals surface area (Å²) in [5.74, 6) is 0.966. The Morgan fingerprint density at radius 3 is 2.89 bits per heavy atom. The third kappa shape index (κ3) is 5.59. The van der Waals surface area contributed by atoms with E-state index in [1.807, 2.05) is 35.3 Å². The number of pyridine rings is 1. The van der Waals surface area contributed by atoms with Gasteiger partial charge in [0, 0.05) is 38.4 Å². The lowest BCUT2D eigenvalue weighted by Gasteiger charge is -2.20. The van der Waals surface area contributed by atoms with Crippen LogP contribution in [0.5, 0.6) is 5.75 Å². The minimum absolute atomic E-state index is 0.390. The Labute approximate surface area is 160 Å². The molecular weight excluding hydrogens is 342 g/mol. The molecule has 1 saturated heterocycles. The number of nitrogens with two attached hydrogens (primary N) is 2. The van der Waals surface area contributed by atoms with Crippen molar-refractivity contribution in [3.8, 4) is 5.75 Å². The fourth-order valence-corrected chi connectivity index (χ4v) is 3.20. The minimum Gasteiger partial charge on any atom is -0.485 e. The number of rotatable bonds is 6. The van der Waals surface area contributed by atoms with E-state index in [1.165, 1.54) is 0 Å². The maximum absolute atomic E-state index is 10.9. The van der Waals surface area contributed by atoms with Crippen molar-refractivity contribution in [3.05, 3.63) is 53.4 Å². The standard InChI is InChI=1S/C20H27N5O2/c21-17-5-2-1-4-16(12-17)14-27-19-7-6-18(23-20(19)22)13-24-8-3-9-25(15-26)11-10-24/h2,4-7,12,15H,1,3,8-11,13-14,21H2,(H2,22,23). The molecule has 0 atom stereocenters.